The summed E-state index contributed by atoms with van der Waals surface area (Å²) in [5.74, 6) is 0.870. The van der Waals surface area contributed by atoms with Crippen LogP contribution in [0.25, 0.3) is 0 Å². The Bertz CT molecular complexity index is 326. The van der Waals surface area contributed by atoms with Crippen molar-refractivity contribution in [1.29, 1.82) is 0 Å². The van der Waals surface area contributed by atoms with Crippen LogP contribution in [0.2, 0.25) is 0 Å². The molecule has 2 heterocycles. The molecule has 0 aliphatic carbocycles. The average Bonchev–Trinajstić information content (AvgIpc) is 2.29. The third kappa shape index (κ3) is 2.45. The fourth-order valence-corrected chi connectivity index (χ4v) is 1.98. The first-order chi connectivity index (χ1) is 7.29. The monoisotopic (exact) mass is 206 g/mol. The topological polar surface area (TPSA) is 41.0 Å². The molecule has 0 bridgehead atoms. The Morgan fingerprint density at radius 2 is 2.40 bits per heavy atom. The molecular formula is C11H18N4. The molecule has 1 aromatic rings. The van der Waals surface area contributed by atoms with E-state index < -0.39 is 0 Å². The van der Waals surface area contributed by atoms with Crippen LogP contribution in [0.15, 0.2) is 12.3 Å². The molecule has 2 rings (SSSR count). The highest BCUT2D eigenvalue weighted by Crippen LogP contribution is 2.15. The van der Waals surface area contributed by atoms with E-state index in [2.05, 4.69) is 20.2 Å². The van der Waals surface area contributed by atoms with Gasteiger partial charge in [-0.1, -0.05) is 0 Å². The van der Waals surface area contributed by atoms with Gasteiger partial charge in [0.1, 0.15) is 0 Å². The van der Waals surface area contributed by atoms with Gasteiger partial charge in [-0.05, 0) is 32.9 Å². The zero-order valence-electron chi connectivity index (χ0n) is 9.40. The predicted molar refractivity (Wildman–Crippen MR) is 61.1 cm³/mol. The molecule has 0 amide bonds. The second-order valence-corrected chi connectivity index (χ2v) is 4.07. The lowest BCUT2D eigenvalue weighted by Gasteiger charge is -2.32. The lowest BCUT2D eigenvalue weighted by molar-refractivity contribution is 0.445. The number of hydrogen-bond donors (Lipinski definition) is 1. The fraction of sp³-hybridized carbons (Fsp3) is 0.636. The Morgan fingerprint density at radius 3 is 3.13 bits per heavy atom. The molecule has 0 saturated carbocycles. The molecule has 82 valence electrons. The molecule has 0 spiro atoms. The molecule has 0 aromatic carbocycles. The normalized spacial score (nSPS) is 21.7. The van der Waals surface area contributed by atoms with E-state index in [4.69, 9.17) is 0 Å². The van der Waals surface area contributed by atoms with Gasteiger partial charge >= 0.3 is 0 Å². The van der Waals surface area contributed by atoms with Crippen molar-refractivity contribution in [1.82, 2.24) is 15.3 Å². The maximum atomic E-state index is 4.45. The first-order valence-corrected chi connectivity index (χ1v) is 5.51. The number of nitrogens with zero attached hydrogens (tertiary/aromatic N) is 3. The van der Waals surface area contributed by atoms with Crippen LogP contribution in [0, 0.1) is 6.92 Å². The van der Waals surface area contributed by atoms with Crippen molar-refractivity contribution >= 4 is 5.95 Å². The van der Waals surface area contributed by atoms with Crippen LogP contribution in [-0.2, 0) is 0 Å². The summed E-state index contributed by atoms with van der Waals surface area (Å²) in [5, 5.41) is 3.32. The first-order valence-electron chi connectivity index (χ1n) is 5.51. The Kier molecular flexibility index (Phi) is 3.16. The zero-order chi connectivity index (χ0) is 10.7. The van der Waals surface area contributed by atoms with Crippen LogP contribution >= 0.6 is 0 Å². The summed E-state index contributed by atoms with van der Waals surface area (Å²) in [6, 6.07) is 2.51. The Balaban J connectivity index is 2.09. The van der Waals surface area contributed by atoms with Gasteiger partial charge in [-0.2, -0.15) is 0 Å². The smallest absolute Gasteiger partial charge is 0.225 e. The molecule has 1 unspecified atom stereocenters. The molecule has 1 atom stereocenters. The Morgan fingerprint density at radius 1 is 1.53 bits per heavy atom. The summed E-state index contributed by atoms with van der Waals surface area (Å²) >= 11 is 0. The molecule has 1 aliphatic heterocycles. The number of rotatable bonds is 2. The van der Waals surface area contributed by atoms with Crippen LogP contribution in [-0.4, -0.2) is 36.1 Å². The maximum Gasteiger partial charge on any atom is 0.225 e. The minimum Gasteiger partial charge on any atom is -0.339 e. The zero-order valence-corrected chi connectivity index (χ0v) is 9.40. The van der Waals surface area contributed by atoms with Crippen LogP contribution in [0.1, 0.15) is 18.5 Å². The third-order valence-electron chi connectivity index (χ3n) is 2.89. The molecular weight excluding hydrogens is 188 g/mol. The van der Waals surface area contributed by atoms with Gasteiger partial charge in [-0.15, -0.1) is 0 Å². The molecule has 1 fully saturated rings. The van der Waals surface area contributed by atoms with Crippen molar-refractivity contribution in [2.45, 2.75) is 25.8 Å². The van der Waals surface area contributed by atoms with Crippen molar-refractivity contribution < 1.29 is 0 Å². The second kappa shape index (κ2) is 4.57. The summed E-state index contributed by atoms with van der Waals surface area (Å²) in [5.41, 5.74) is 1.03. The van der Waals surface area contributed by atoms with E-state index in [9.17, 15) is 0 Å². The summed E-state index contributed by atoms with van der Waals surface area (Å²) in [6.45, 7) is 4.09. The molecule has 0 radical (unpaired) electrons. The Labute approximate surface area is 90.7 Å². The van der Waals surface area contributed by atoms with Crippen molar-refractivity contribution in [2.24, 2.45) is 0 Å². The predicted octanol–water partition coefficient (Wildman–Crippen LogP) is 0.973. The number of nitrogens with one attached hydrogen (secondary N) is 1. The largest absolute Gasteiger partial charge is 0.339 e. The van der Waals surface area contributed by atoms with Crippen LogP contribution in [0.4, 0.5) is 5.95 Å². The standard InChI is InChI=1S/C11H18N4/c1-9-5-6-13-11(14-9)15-7-3-4-10(8-15)12-2/h5-6,10,12H,3-4,7-8H2,1-2H3. The molecule has 1 saturated heterocycles. The van der Waals surface area contributed by atoms with E-state index in [-0.39, 0.29) is 0 Å². The molecule has 1 aliphatic rings. The highest BCUT2D eigenvalue weighted by atomic mass is 15.3. The number of likely N-dealkylation sites (N-methyl/N-ethyl adjacent to an activating group) is 1. The van der Waals surface area contributed by atoms with Gasteiger partial charge in [-0.3, -0.25) is 0 Å². The van der Waals surface area contributed by atoms with Gasteiger partial charge in [0.25, 0.3) is 0 Å². The molecule has 15 heavy (non-hydrogen) atoms. The first kappa shape index (κ1) is 10.4. The molecule has 1 N–H and O–H groups in total. The highest BCUT2D eigenvalue weighted by molar-refractivity contribution is 5.31. The van der Waals surface area contributed by atoms with Crippen LogP contribution in [0.3, 0.4) is 0 Å². The summed E-state index contributed by atoms with van der Waals surface area (Å²) in [6.07, 6.45) is 4.29. The number of piperidine rings is 1. The van der Waals surface area contributed by atoms with Gasteiger partial charge in [0.05, 0.1) is 0 Å². The Hall–Kier alpha value is -1.16. The molecule has 4 nitrogen and oxygen atoms in total. The van der Waals surface area contributed by atoms with E-state index >= 15 is 0 Å². The third-order valence-corrected chi connectivity index (χ3v) is 2.89. The molecule has 4 heteroatoms. The minimum absolute atomic E-state index is 0.572. The van der Waals surface area contributed by atoms with E-state index in [1.807, 2.05) is 26.2 Å². The quantitative estimate of drug-likeness (QED) is 0.783. The second-order valence-electron chi connectivity index (χ2n) is 4.07. The van der Waals surface area contributed by atoms with Crippen LogP contribution in [0.5, 0.6) is 0 Å². The van der Waals surface area contributed by atoms with Gasteiger partial charge in [-0.25, -0.2) is 9.97 Å². The van der Waals surface area contributed by atoms with Gasteiger partial charge in [0, 0.05) is 31.0 Å². The van der Waals surface area contributed by atoms with E-state index in [0.29, 0.717) is 6.04 Å². The number of hydrogen-bond acceptors (Lipinski definition) is 4. The van der Waals surface area contributed by atoms with E-state index in [0.717, 1.165) is 24.7 Å². The van der Waals surface area contributed by atoms with Crippen molar-refractivity contribution in [3.8, 4) is 0 Å². The summed E-state index contributed by atoms with van der Waals surface area (Å²) in [7, 11) is 2.02. The number of aryl methyl sites for hydroxylation is 1. The lowest BCUT2D eigenvalue weighted by atomic mass is 10.1. The number of anilines is 1. The lowest BCUT2D eigenvalue weighted by Crippen LogP contribution is -2.45. The summed E-state index contributed by atoms with van der Waals surface area (Å²) < 4.78 is 0. The maximum absolute atomic E-state index is 4.45. The van der Waals surface area contributed by atoms with Gasteiger partial charge < -0.3 is 10.2 Å². The highest BCUT2D eigenvalue weighted by Gasteiger charge is 2.20. The fourth-order valence-electron chi connectivity index (χ4n) is 1.98. The van der Waals surface area contributed by atoms with Crippen molar-refractivity contribution in [3.05, 3.63) is 18.0 Å². The van der Waals surface area contributed by atoms with Crippen molar-refractivity contribution in [2.75, 3.05) is 25.0 Å². The van der Waals surface area contributed by atoms with Crippen LogP contribution < -0.4 is 10.2 Å². The van der Waals surface area contributed by atoms with E-state index in [1.165, 1.54) is 12.8 Å². The SMILES string of the molecule is CNC1CCCN(c2nccc(C)n2)C1. The summed E-state index contributed by atoms with van der Waals surface area (Å²) in [4.78, 5) is 11.0. The number of aromatic nitrogens is 2. The molecule has 1 aromatic heterocycles. The van der Waals surface area contributed by atoms with Gasteiger partial charge in [0.15, 0.2) is 0 Å². The van der Waals surface area contributed by atoms with E-state index in [1.54, 1.807) is 0 Å². The minimum atomic E-state index is 0.572. The van der Waals surface area contributed by atoms with Gasteiger partial charge in [0.2, 0.25) is 5.95 Å². The van der Waals surface area contributed by atoms with Crippen molar-refractivity contribution in [3.63, 3.8) is 0 Å². The average molecular weight is 206 g/mol.